The van der Waals surface area contributed by atoms with Crippen LogP contribution in [0, 0.1) is 13.8 Å². The molecule has 0 aliphatic carbocycles. The minimum Gasteiger partial charge on any atom is -0.493 e. The molecule has 0 unspecified atom stereocenters. The fourth-order valence-electron chi connectivity index (χ4n) is 3.02. The van der Waals surface area contributed by atoms with Gasteiger partial charge in [-0.3, -0.25) is 5.10 Å². The summed E-state index contributed by atoms with van der Waals surface area (Å²) < 4.78 is 6.24. The molecule has 3 heteroatoms. The van der Waals surface area contributed by atoms with Gasteiger partial charge in [0, 0.05) is 5.69 Å². The average Bonchev–Trinajstić information content (AvgIpc) is 2.82. The van der Waals surface area contributed by atoms with Crippen molar-refractivity contribution in [2.24, 2.45) is 0 Å². The van der Waals surface area contributed by atoms with Crippen LogP contribution >= 0.6 is 0 Å². The van der Waals surface area contributed by atoms with Gasteiger partial charge in [-0.15, -0.1) is 0 Å². The number of rotatable bonds is 7. The quantitative estimate of drug-likeness (QED) is 0.706. The second-order valence-electron chi connectivity index (χ2n) is 6.94. The van der Waals surface area contributed by atoms with Gasteiger partial charge in [0.1, 0.15) is 5.75 Å². The molecule has 0 saturated carbocycles. The molecular formula is C20H30N2O. The molecule has 0 saturated heterocycles. The third-order valence-corrected chi connectivity index (χ3v) is 4.42. The Labute approximate surface area is 140 Å². The maximum atomic E-state index is 6.24. The van der Waals surface area contributed by atoms with Crippen LogP contribution in [0.25, 0.3) is 0 Å². The molecule has 0 spiro atoms. The summed E-state index contributed by atoms with van der Waals surface area (Å²) in [6.45, 7) is 13.8. The Hall–Kier alpha value is -1.77. The molecule has 0 atom stereocenters. The van der Waals surface area contributed by atoms with Crippen molar-refractivity contribution in [2.45, 2.75) is 66.2 Å². The van der Waals surface area contributed by atoms with Crippen LogP contribution in [0.15, 0.2) is 18.2 Å². The molecule has 1 N–H and O–H groups in total. The Kier molecular flexibility index (Phi) is 5.86. The summed E-state index contributed by atoms with van der Waals surface area (Å²) >= 11 is 0. The monoisotopic (exact) mass is 314 g/mol. The van der Waals surface area contributed by atoms with Gasteiger partial charge in [-0.2, -0.15) is 5.10 Å². The number of para-hydroxylation sites is 1. The van der Waals surface area contributed by atoms with E-state index in [1.54, 1.807) is 0 Å². The lowest BCUT2D eigenvalue weighted by Crippen LogP contribution is -2.06. The van der Waals surface area contributed by atoms with Crippen LogP contribution in [0.5, 0.6) is 5.75 Å². The highest BCUT2D eigenvalue weighted by atomic mass is 16.5. The molecule has 0 fully saturated rings. The molecule has 126 valence electrons. The molecule has 1 heterocycles. The van der Waals surface area contributed by atoms with E-state index in [0.717, 1.165) is 30.9 Å². The number of hydrogen-bond acceptors (Lipinski definition) is 2. The lowest BCUT2D eigenvalue weighted by atomic mass is 9.94. The summed E-state index contributed by atoms with van der Waals surface area (Å²) in [5.74, 6) is 2.04. The van der Waals surface area contributed by atoms with Gasteiger partial charge in [0.05, 0.1) is 12.3 Å². The van der Waals surface area contributed by atoms with Crippen LogP contribution in [0.2, 0.25) is 0 Å². The summed E-state index contributed by atoms with van der Waals surface area (Å²) in [4.78, 5) is 0. The smallest absolute Gasteiger partial charge is 0.126 e. The van der Waals surface area contributed by atoms with E-state index in [1.165, 1.54) is 22.4 Å². The SMILES string of the molecule is Cc1n[nH]c(C)c1CCCOc1c(C(C)C)cccc1C(C)C. The summed E-state index contributed by atoms with van der Waals surface area (Å²) in [7, 11) is 0. The van der Waals surface area contributed by atoms with Gasteiger partial charge in [-0.1, -0.05) is 45.9 Å². The predicted molar refractivity (Wildman–Crippen MR) is 96.5 cm³/mol. The van der Waals surface area contributed by atoms with Crippen LogP contribution in [0.1, 0.15) is 74.0 Å². The normalized spacial score (nSPS) is 11.5. The Morgan fingerprint density at radius 3 is 2.13 bits per heavy atom. The van der Waals surface area contributed by atoms with E-state index in [9.17, 15) is 0 Å². The van der Waals surface area contributed by atoms with Crippen LogP contribution in [-0.2, 0) is 6.42 Å². The molecular weight excluding hydrogens is 284 g/mol. The molecule has 1 aromatic heterocycles. The second kappa shape index (κ2) is 7.67. The molecule has 2 rings (SSSR count). The summed E-state index contributed by atoms with van der Waals surface area (Å²) in [6.07, 6.45) is 2.01. The van der Waals surface area contributed by atoms with E-state index in [0.29, 0.717) is 11.8 Å². The molecule has 0 aliphatic rings. The van der Waals surface area contributed by atoms with Crippen molar-refractivity contribution in [3.05, 3.63) is 46.3 Å². The van der Waals surface area contributed by atoms with E-state index < -0.39 is 0 Å². The Morgan fingerprint density at radius 2 is 1.65 bits per heavy atom. The number of nitrogens with zero attached hydrogens (tertiary/aromatic N) is 1. The topological polar surface area (TPSA) is 37.9 Å². The first-order chi connectivity index (χ1) is 10.9. The van der Waals surface area contributed by atoms with Crippen LogP contribution in [-0.4, -0.2) is 16.8 Å². The number of benzene rings is 1. The van der Waals surface area contributed by atoms with Gasteiger partial charge in [-0.25, -0.2) is 0 Å². The van der Waals surface area contributed by atoms with E-state index in [4.69, 9.17) is 4.74 Å². The molecule has 0 bridgehead atoms. The van der Waals surface area contributed by atoms with Crippen molar-refractivity contribution in [3.63, 3.8) is 0 Å². The summed E-state index contributed by atoms with van der Waals surface area (Å²) in [5, 5.41) is 7.31. The fraction of sp³-hybridized carbons (Fsp3) is 0.550. The number of hydrogen-bond donors (Lipinski definition) is 1. The fourth-order valence-corrected chi connectivity index (χ4v) is 3.02. The van der Waals surface area contributed by atoms with Gasteiger partial charge in [-0.05, 0) is 55.2 Å². The van der Waals surface area contributed by atoms with Crippen LogP contribution in [0.3, 0.4) is 0 Å². The summed E-state index contributed by atoms with van der Waals surface area (Å²) in [5.41, 5.74) is 6.23. The van der Waals surface area contributed by atoms with Crippen molar-refractivity contribution >= 4 is 0 Å². The first-order valence-electron chi connectivity index (χ1n) is 8.67. The van der Waals surface area contributed by atoms with Crippen molar-refractivity contribution in [1.82, 2.24) is 10.2 Å². The van der Waals surface area contributed by atoms with Gasteiger partial charge >= 0.3 is 0 Å². The van der Waals surface area contributed by atoms with E-state index >= 15 is 0 Å². The highest BCUT2D eigenvalue weighted by Crippen LogP contribution is 2.34. The average molecular weight is 314 g/mol. The predicted octanol–water partition coefficient (Wildman–Crippen LogP) is 5.28. The Bertz CT molecular complexity index is 595. The molecule has 3 nitrogen and oxygen atoms in total. The first kappa shape index (κ1) is 17.6. The van der Waals surface area contributed by atoms with Crippen molar-refractivity contribution in [2.75, 3.05) is 6.61 Å². The van der Waals surface area contributed by atoms with Crippen LogP contribution in [0.4, 0.5) is 0 Å². The largest absolute Gasteiger partial charge is 0.493 e. The van der Waals surface area contributed by atoms with Gasteiger partial charge in [0.15, 0.2) is 0 Å². The Morgan fingerprint density at radius 1 is 1.04 bits per heavy atom. The molecule has 2 aromatic rings. The number of aryl methyl sites for hydroxylation is 2. The lowest BCUT2D eigenvalue weighted by Gasteiger charge is -2.20. The maximum Gasteiger partial charge on any atom is 0.126 e. The number of H-pyrrole nitrogens is 1. The van der Waals surface area contributed by atoms with Crippen LogP contribution < -0.4 is 4.74 Å². The van der Waals surface area contributed by atoms with E-state index in [2.05, 4.69) is 69.9 Å². The van der Waals surface area contributed by atoms with Gasteiger partial charge in [0.2, 0.25) is 0 Å². The molecule has 0 amide bonds. The van der Waals surface area contributed by atoms with Crippen molar-refractivity contribution in [1.29, 1.82) is 0 Å². The highest BCUT2D eigenvalue weighted by Gasteiger charge is 2.15. The number of ether oxygens (including phenoxy) is 1. The molecule has 0 aliphatic heterocycles. The summed E-state index contributed by atoms with van der Waals surface area (Å²) in [6, 6.07) is 6.53. The first-order valence-corrected chi connectivity index (χ1v) is 8.67. The zero-order valence-electron chi connectivity index (χ0n) is 15.4. The number of nitrogens with one attached hydrogen (secondary N) is 1. The second-order valence-corrected chi connectivity index (χ2v) is 6.94. The minimum absolute atomic E-state index is 0.474. The molecule has 1 aromatic carbocycles. The molecule has 0 radical (unpaired) electrons. The van der Waals surface area contributed by atoms with E-state index in [-0.39, 0.29) is 0 Å². The minimum atomic E-state index is 0.474. The zero-order chi connectivity index (χ0) is 17.0. The number of aromatic amines is 1. The van der Waals surface area contributed by atoms with E-state index in [1.807, 2.05) is 0 Å². The zero-order valence-corrected chi connectivity index (χ0v) is 15.4. The Balaban J connectivity index is 2.05. The number of aromatic nitrogens is 2. The standard InChI is InChI=1S/C20H30N2O/c1-13(2)17-9-7-10-18(14(3)4)20(17)23-12-8-11-19-15(5)21-22-16(19)6/h7,9-10,13-14H,8,11-12H2,1-6H3,(H,21,22). The lowest BCUT2D eigenvalue weighted by molar-refractivity contribution is 0.302. The van der Waals surface area contributed by atoms with Crippen molar-refractivity contribution < 1.29 is 4.74 Å². The molecule has 23 heavy (non-hydrogen) atoms. The highest BCUT2D eigenvalue weighted by molar-refractivity contribution is 5.44. The van der Waals surface area contributed by atoms with Gasteiger partial charge < -0.3 is 4.74 Å². The third-order valence-electron chi connectivity index (χ3n) is 4.42. The maximum absolute atomic E-state index is 6.24. The van der Waals surface area contributed by atoms with Crippen molar-refractivity contribution in [3.8, 4) is 5.75 Å². The van der Waals surface area contributed by atoms with Gasteiger partial charge in [0.25, 0.3) is 0 Å². The third kappa shape index (κ3) is 4.15.